The third-order valence-electron chi connectivity index (χ3n) is 3.59. The summed E-state index contributed by atoms with van der Waals surface area (Å²) in [5.74, 6) is -0.762. The van der Waals surface area contributed by atoms with Gasteiger partial charge in [0.1, 0.15) is 5.82 Å². The summed E-state index contributed by atoms with van der Waals surface area (Å²) in [7, 11) is 0. The van der Waals surface area contributed by atoms with Crippen LogP contribution in [0.25, 0.3) is 0 Å². The molecule has 20 heavy (non-hydrogen) atoms. The fourth-order valence-electron chi connectivity index (χ4n) is 2.46. The van der Waals surface area contributed by atoms with Gasteiger partial charge in [0.25, 0.3) is 0 Å². The Morgan fingerprint density at radius 2 is 2.15 bits per heavy atom. The Kier molecular flexibility index (Phi) is 3.87. The predicted molar refractivity (Wildman–Crippen MR) is 66.4 cm³/mol. The molecule has 2 heterocycles. The second kappa shape index (κ2) is 5.30. The number of halogens is 3. The quantitative estimate of drug-likeness (QED) is 0.909. The van der Waals surface area contributed by atoms with Crippen molar-refractivity contribution in [1.82, 2.24) is 4.98 Å². The first kappa shape index (κ1) is 14.6. The molecule has 1 N–H and O–H groups in total. The number of carboxylic acids is 1. The van der Waals surface area contributed by atoms with Crippen molar-refractivity contribution in [2.24, 2.45) is 5.92 Å². The summed E-state index contributed by atoms with van der Waals surface area (Å²) in [6.45, 7) is 2.34. The fraction of sp³-hybridized carbons (Fsp3) is 0.538. The van der Waals surface area contributed by atoms with Crippen molar-refractivity contribution < 1.29 is 23.1 Å². The van der Waals surface area contributed by atoms with Crippen molar-refractivity contribution in [3.05, 3.63) is 23.9 Å². The van der Waals surface area contributed by atoms with Crippen LogP contribution in [0.2, 0.25) is 0 Å². The predicted octanol–water partition coefficient (Wildman–Crippen LogP) is 2.79. The molecule has 1 aromatic heterocycles. The number of hydrogen-bond acceptors (Lipinski definition) is 3. The molecular formula is C13H15F3N2O2. The molecule has 7 heteroatoms. The van der Waals surface area contributed by atoms with E-state index in [0.29, 0.717) is 25.2 Å². The minimum absolute atomic E-state index is 0.0610. The molecule has 0 bridgehead atoms. The molecule has 0 amide bonds. The topological polar surface area (TPSA) is 53.4 Å². The smallest absolute Gasteiger partial charge is 0.417 e. The van der Waals surface area contributed by atoms with Crippen molar-refractivity contribution >= 4 is 11.8 Å². The third kappa shape index (κ3) is 3.02. The van der Waals surface area contributed by atoms with Crippen LogP contribution in [0.5, 0.6) is 0 Å². The van der Waals surface area contributed by atoms with Gasteiger partial charge in [0.15, 0.2) is 0 Å². The van der Waals surface area contributed by atoms with Gasteiger partial charge >= 0.3 is 12.1 Å². The minimum atomic E-state index is -4.40. The van der Waals surface area contributed by atoms with Crippen LogP contribution in [-0.2, 0) is 11.0 Å². The van der Waals surface area contributed by atoms with Crippen molar-refractivity contribution in [3.63, 3.8) is 0 Å². The van der Waals surface area contributed by atoms with Crippen molar-refractivity contribution in [3.8, 4) is 0 Å². The second-order valence-electron chi connectivity index (χ2n) is 5.00. The maximum Gasteiger partial charge on any atom is 0.417 e. The zero-order chi connectivity index (χ0) is 14.9. The van der Waals surface area contributed by atoms with E-state index in [1.54, 1.807) is 0 Å². The fourth-order valence-corrected chi connectivity index (χ4v) is 2.46. The summed E-state index contributed by atoms with van der Waals surface area (Å²) in [6, 6.07) is 2.27. The van der Waals surface area contributed by atoms with Gasteiger partial charge in [0, 0.05) is 18.8 Å². The molecule has 110 valence electrons. The van der Waals surface area contributed by atoms with E-state index in [4.69, 9.17) is 5.11 Å². The normalized spacial score (nSPS) is 23.7. The van der Waals surface area contributed by atoms with Gasteiger partial charge in [-0.3, -0.25) is 4.79 Å². The summed E-state index contributed by atoms with van der Waals surface area (Å²) in [5, 5.41) is 8.98. The van der Waals surface area contributed by atoms with Crippen LogP contribution in [0.4, 0.5) is 19.0 Å². The number of piperidine rings is 1. The number of carbonyl (C=O) groups is 1. The summed E-state index contributed by atoms with van der Waals surface area (Å²) >= 11 is 0. The SMILES string of the molecule is CC1CC(C(=O)O)CCN1c1ccc(C(F)(F)F)cn1. The standard InChI is InChI=1S/C13H15F3N2O2/c1-8-6-9(12(19)20)4-5-18(8)11-3-2-10(7-17-11)13(14,15)16/h2-3,7-9H,4-6H2,1H3,(H,19,20). The molecule has 0 radical (unpaired) electrons. The van der Waals surface area contributed by atoms with Crippen LogP contribution in [0.15, 0.2) is 18.3 Å². The van der Waals surface area contributed by atoms with E-state index >= 15 is 0 Å². The van der Waals surface area contributed by atoms with Crippen LogP contribution >= 0.6 is 0 Å². The molecule has 1 fully saturated rings. The summed E-state index contributed by atoms with van der Waals surface area (Å²) in [5.41, 5.74) is -0.783. The lowest BCUT2D eigenvalue weighted by molar-refractivity contribution is -0.142. The third-order valence-corrected chi connectivity index (χ3v) is 3.59. The Hall–Kier alpha value is -1.79. The maximum absolute atomic E-state index is 12.5. The van der Waals surface area contributed by atoms with E-state index in [1.165, 1.54) is 6.07 Å². The first-order chi connectivity index (χ1) is 9.29. The Labute approximate surface area is 114 Å². The highest BCUT2D eigenvalue weighted by atomic mass is 19.4. The van der Waals surface area contributed by atoms with Crippen molar-refractivity contribution in [2.75, 3.05) is 11.4 Å². The van der Waals surface area contributed by atoms with Gasteiger partial charge in [0.05, 0.1) is 11.5 Å². The average Bonchev–Trinajstić information content (AvgIpc) is 2.37. The van der Waals surface area contributed by atoms with Gasteiger partial charge in [-0.25, -0.2) is 4.98 Å². The molecule has 1 aliphatic rings. The van der Waals surface area contributed by atoms with Crippen LogP contribution < -0.4 is 4.90 Å². The van der Waals surface area contributed by atoms with E-state index < -0.39 is 23.6 Å². The Morgan fingerprint density at radius 1 is 1.45 bits per heavy atom. The molecular weight excluding hydrogens is 273 g/mol. The van der Waals surface area contributed by atoms with Crippen LogP contribution in [0.3, 0.4) is 0 Å². The van der Waals surface area contributed by atoms with Gasteiger partial charge in [-0.2, -0.15) is 13.2 Å². The molecule has 2 unspecified atom stereocenters. The van der Waals surface area contributed by atoms with Gasteiger partial charge in [-0.15, -0.1) is 0 Å². The van der Waals surface area contributed by atoms with Crippen LogP contribution in [0.1, 0.15) is 25.3 Å². The number of nitrogens with zero attached hydrogens (tertiary/aromatic N) is 2. The Balaban J connectivity index is 2.11. The van der Waals surface area contributed by atoms with Gasteiger partial charge < -0.3 is 10.0 Å². The number of pyridine rings is 1. The van der Waals surface area contributed by atoms with Gasteiger partial charge in [0.2, 0.25) is 0 Å². The van der Waals surface area contributed by atoms with Crippen LogP contribution in [-0.4, -0.2) is 28.6 Å². The summed E-state index contributed by atoms with van der Waals surface area (Å²) in [6.07, 6.45) is -2.64. The largest absolute Gasteiger partial charge is 0.481 e. The van der Waals surface area contributed by atoms with Crippen LogP contribution in [0, 0.1) is 5.92 Å². The van der Waals surface area contributed by atoms with E-state index in [9.17, 15) is 18.0 Å². The number of alkyl halides is 3. The molecule has 0 saturated carbocycles. The van der Waals surface area contributed by atoms with Crippen molar-refractivity contribution in [2.45, 2.75) is 32.0 Å². The first-order valence-electron chi connectivity index (χ1n) is 6.31. The summed E-state index contributed by atoms with van der Waals surface area (Å²) < 4.78 is 37.4. The lowest BCUT2D eigenvalue weighted by Crippen LogP contribution is -2.43. The molecule has 2 rings (SSSR count). The molecule has 0 spiro atoms. The number of aromatic nitrogens is 1. The molecule has 4 nitrogen and oxygen atoms in total. The highest BCUT2D eigenvalue weighted by Gasteiger charge is 2.33. The Morgan fingerprint density at radius 3 is 2.60 bits per heavy atom. The molecule has 0 aliphatic carbocycles. The lowest BCUT2D eigenvalue weighted by Gasteiger charge is -2.37. The Bertz CT molecular complexity index is 487. The number of rotatable bonds is 2. The average molecular weight is 288 g/mol. The maximum atomic E-state index is 12.5. The number of carboxylic acid groups (broad SMARTS) is 1. The van der Waals surface area contributed by atoms with E-state index in [1.807, 2.05) is 11.8 Å². The molecule has 1 saturated heterocycles. The number of hydrogen-bond donors (Lipinski definition) is 1. The molecule has 1 aromatic rings. The summed E-state index contributed by atoms with van der Waals surface area (Å²) in [4.78, 5) is 16.6. The van der Waals surface area contributed by atoms with Gasteiger partial charge in [-0.05, 0) is 31.9 Å². The monoisotopic (exact) mass is 288 g/mol. The number of anilines is 1. The zero-order valence-corrected chi connectivity index (χ0v) is 10.9. The highest BCUT2D eigenvalue weighted by molar-refractivity contribution is 5.70. The molecule has 2 atom stereocenters. The van der Waals surface area contributed by atoms with E-state index in [-0.39, 0.29) is 6.04 Å². The number of aliphatic carboxylic acids is 1. The second-order valence-corrected chi connectivity index (χ2v) is 5.00. The molecule has 1 aliphatic heterocycles. The van der Waals surface area contributed by atoms with E-state index in [2.05, 4.69) is 4.98 Å². The lowest BCUT2D eigenvalue weighted by atomic mass is 9.92. The zero-order valence-electron chi connectivity index (χ0n) is 10.9. The van der Waals surface area contributed by atoms with Gasteiger partial charge in [-0.1, -0.05) is 0 Å². The first-order valence-corrected chi connectivity index (χ1v) is 6.31. The molecule has 0 aromatic carbocycles. The highest BCUT2D eigenvalue weighted by Crippen LogP contribution is 2.31. The van der Waals surface area contributed by atoms with E-state index in [0.717, 1.165) is 12.3 Å². The van der Waals surface area contributed by atoms with Crippen molar-refractivity contribution in [1.29, 1.82) is 0 Å². The minimum Gasteiger partial charge on any atom is -0.481 e.